The molecule has 0 saturated heterocycles. The average molecular weight is 459 g/mol. The van der Waals surface area contributed by atoms with E-state index in [1.165, 1.54) is 4.90 Å². The van der Waals surface area contributed by atoms with Gasteiger partial charge in [-0.3, -0.25) is 24.0 Å². The largest absolute Gasteiger partial charge is 0.342 e. The molecule has 0 atom stereocenters. The second kappa shape index (κ2) is 10.0. The number of benzene rings is 2. The molecule has 1 aromatic heterocycles. The molecule has 2 heterocycles. The summed E-state index contributed by atoms with van der Waals surface area (Å²) in [5.74, 6) is -0.748. The SMILES string of the molecule is CCCCN1C(=O)c2ccc(C(=O)N(C)CCCc3cc(-c4ccccc4)n(C)n3)cc2C1=O. The fourth-order valence-corrected chi connectivity index (χ4v) is 4.29. The lowest BCUT2D eigenvalue weighted by Crippen LogP contribution is -2.30. The lowest BCUT2D eigenvalue weighted by molar-refractivity contribution is 0.0652. The highest BCUT2D eigenvalue weighted by Crippen LogP contribution is 2.25. The Bertz CT molecular complexity index is 1220. The summed E-state index contributed by atoms with van der Waals surface area (Å²) >= 11 is 0. The van der Waals surface area contributed by atoms with Crippen LogP contribution in [0.1, 0.15) is 63.0 Å². The molecule has 7 heteroatoms. The van der Waals surface area contributed by atoms with Gasteiger partial charge in [-0.2, -0.15) is 5.10 Å². The maximum atomic E-state index is 13.0. The number of nitrogens with zero attached hydrogens (tertiary/aromatic N) is 4. The zero-order valence-corrected chi connectivity index (χ0v) is 20.0. The molecule has 0 bridgehead atoms. The van der Waals surface area contributed by atoms with Crippen molar-refractivity contribution in [1.82, 2.24) is 19.6 Å². The maximum Gasteiger partial charge on any atom is 0.261 e. The predicted molar refractivity (Wildman–Crippen MR) is 131 cm³/mol. The average Bonchev–Trinajstić information content (AvgIpc) is 3.34. The van der Waals surface area contributed by atoms with Gasteiger partial charge in [0, 0.05) is 32.7 Å². The molecule has 4 rings (SSSR count). The van der Waals surface area contributed by atoms with Crippen molar-refractivity contribution in [3.05, 3.63) is 77.0 Å². The summed E-state index contributed by atoms with van der Waals surface area (Å²) in [6.07, 6.45) is 3.18. The first kappa shape index (κ1) is 23.4. The third-order valence-electron chi connectivity index (χ3n) is 6.23. The summed E-state index contributed by atoms with van der Waals surface area (Å²) in [6, 6.07) is 17.0. The molecule has 0 radical (unpaired) electrons. The lowest BCUT2D eigenvalue weighted by atomic mass is 10.0. The van der Waals surface area contributed by atoms with Gasteiger partial charge in [-0.1, -0.05) is 43.7 Å². The van der Waals surface area contributed by atoms with Gasteiger partial charge in [-0.05, 0) is 49.1 Å². The number of rotatable bonds is 9. The highest BCUT2D eigenvalue weighted by Gasteiger charge is 2.35. The smallest absolute Gasteiger partial charge is 0.261 e. The summed E-state index contributed by atoms with van der Waals surface area (Å²) in [7, 11) is 3.69. The van der Waals surface area contributed by atoms with Gasteiger partial charge < -0.3 is 4.90 Å². The van der Waals surface area contributed by atoms with Crippen LogP contribution in [0.5, 0.6) is 0 Å². The molecule has 0 unspecified atom stereocenters. The minimum absolute atomic E-state index is 0.166. The molecule has 7 nitrogen and oxygen atoms in total. The van der Waals surface area contributed by atoms with E-state index in [0.717, 1.165) is 42.6 Å². The minimum atomic E-state index is -0.310. The molecule has 1 aliphatic heterocycles. The van der Waals surface area contributed by atoms with Gasteiger partial charge in [0.25, 0.3) is 17.7 Å². The molecule has 3 aromatic rings. The predicted octanol–water partition coefficient (Wildman–Crippen LogP) is 4.19. The van der Waals surface area contributed by atoms with Gasteiger partial charge in [0.1, 0.15) is 0 Å². The summed E-state index contributed by atoms with van der Waals surface area (Å²) in [6.45, 7) is 2.98. The first-order valence-corrected chi connectivity index (χ1v) is 11.7. The van der Waals surface area contributed by atoms with E-state index < -0.39 is 0 Å². The van der Waals surface area contributed by atoms with Crippen LogP contribution in [0, 0.1) is 0 Å². The minimum Gasteiger partial charge on any atom is -0.342 e. The Kier molecular flexibility index (Phi) is 6.91. The van der Waals surface area contributed by atoms with E-state index in [9.17, 15) is 14.4 Å². The summed E-state index contributed by atoms with van der Waals surface area (Å²) in [4.78, 5) is 41.1. The molecular weight excluding hydrogens is 428 g/mol. The van der Waals surface area contributed by atoms with E-state index in [4.69, 9.17) is 0 Å². The van der Waals surface area contributed by atoms with Crippen LogP contribution >= 0.6 is 0 Å². The second-order valence-corrected chi connectivity index (χ2v) is 8.72. The quantitative estimate of drug-likeness (QED) is 0.451. The second-order valence-electron chi connectivity index (χ2n) is 8.72. The van der Waals surface area contributed by atoms with Gasteiger partial charge in [-0.15, -0.1) is 0 Å². The van der Waals surface area contributed by atoms with E-state index in [1.807, 2.05) is 36.9 Å². The van der Waals surface area contributed by atoms with Crippen LogP contribution in [0.2, 0.25) is 0 Å². The van der Waals surface area contributed by atoms with Crippen LogP contribution in [-0.2, 0) is 13.5 Å². The molecule has 1 aliphatic rings. The zero-order chi connectivity index (χ0) is 24.2. The Morgan fingerprint density at radius 1 is 0.971 bits per heavy atom. The fourth-order valence-electron chi connectivity index (χ4n) is 4.29. The topological polar surface area (TPSA) is 75.5 Å². The number of hydrogen-bond donors (Lipinski definition) is 0. The van der Waals surface area contributed by atoms with Crippen molar-refractivity contribution in [1.29, 1.82) is 0 Å². The number of aryl methyl sites for hydroxylation is 2. The molecule has 0 spiro atoms. The summed E-state index contributed by atoms with van der Waals surface area (Å²) in [5, 5.41) is 4.61. The van der Waals surface area contributed by atoms with E-state index >= 15 is 0 Å². The molecule has 0 fully saturated rings. The molecule has 0 N–H and O–H groups in total. The Hall–Kier alpha value is -3.74. The summed E-state index contributed by atoms with van der Waals surface area (Å²) in [5.41, 5.74) is 4.28. The molecule has 3 amide bonds. The summed E-state index contributed by atoms with van der Waals surface area (Å²) < 4.78 is 1.88. The zero-order valence-electron chi connectivity index (χ0n) is 20.0. The molecule has 0 saturated carbocycles. The lowest BCUT2D eigenvalue weighted by Gasteiger charge is -2.17. The van der Waals surface area contributed by atoms with Crippen LogP contribution in [0.3, 0.4) is 0 Å². The number of carbonyl (C=O) groups is 3. The number of hydrogen-bond acceptors (Lipinski definition) is 4. The van der Waals surface area contributed by atoms with Crippen LogP contribution in [0.25, 0.3) is 11.3 Å². The Labute approximate surface area is 200 Å². The van der Waals surface area contributed by atoms with Gasteiger partial charge >= 0.3 is 0 Å². The Morgan fingerprint density at radius 3 is 2.44 bits per heavy atom. The Morgan fingerprint density at radius 2 is 1.71 bits per heavy atom. The Balaban J connectivity index is 1.37. The third-order valence-corrected chi connectivity index (χ3v) is 6.23. The van der Waals surface area contributed by atoms with Crippen molar-refractivity contribution in [3.63, 3.8) is 0 Å². The van der Waals surface area contributed by atoms with Crippen LogP contribution in [-0.4, -0.2) is 57.4 Å². The first-order valence-electron chi connectivity index (χ1n) is 11.7. The van der Waals surface area contributed by atoms with E-state index in [2.05, 4.69) is 23.3 Å². The number of fused-ring (bicyclic) bond motifs is 1. The van der Waals surface area contributed by atoms with E-state index in [0.29, 0.717) is 29.8 Å². The number of carbonyl (C=O) groups excluding carboxylic acids is 3. The van der Waals surface area contributed by atoms with Crippen molar-refractivity contribution in [2.45, 2.75) is 32.6 Å². The molecule has 0 aliphatic carbocycles. The van der Waals surface area contributed by atoms with E-state index in [-0.39, 0.29) is 17.7 Å². The number of aromatic nitrogens is 2. The monoisotopic (exact) mass is 458 g/mol. The third kappa shape index (κ3) is 4.64. The number of unbranched alkanes of at least 4 members (excludes halogenated alkanes) is 1. The van der Waals surface area contributed by atoms with Crippen molar-refractivity contribution >= 4 is 17.7 Å². The van der Waals surface area contributed by atoms with Crippen molar-refractivity contribution in [2.24, 2.45) is 7.05 Å². The molecular formula is C27H30N4O3. The van der Waals surface area contributed by atoms with Crippen molar-refractivity contribution < 1.29 is 14.4 Å². The standard InChI is InChI=1S/C27H30N4O3/c1-4-5-16-31-26(33)22-14-13-20(17-23(22)27(31)34)25(32)29(2)15-9-12-21-18-24(30(3)28-21)19-10-7-6-8-11-19/h6-8,10-11,13-14,17-18H,4-5,9,12,15-16H2,1-3H3. The van der Waals surface area contributed by atoms with Gasteiger partial charge in [0.15, 0.2) is 0 Å². The van der Waals surface area contributed by atoms with Crippen molar-refractivity contribution in [2.75, 3.05) is 20.1 Å². The van der Waals surface area contributed by atoms with Crippen molar-refractivity contribution in [3.8, 4) is 11.3 Å². The van der Waals surface area contributed by atoms with Gasteiger partial charge in [0.2, 0.25) is 0 Å². The number of imide groups is 1. The van der Waals surface area contributed by atoms with Crippen LogP contribution in [0.4, 0.5) is 0 Å². The van der Waals surface area contributed by atoms with Gasteiger partial charge in [-0.25, -0.2) is 0 Å². The molecule has 34 heavy (non-hydrogen) atoms. The van der Waals surface area contributed by atoms with Gasteiger partial charge in [0.05, 0.1) is 22.5 Å². The first-order chi connectivity index (χ1) is 16.4. The number of amides is 3. The van der Waals surface area contributed by atoms with Crippen LogP contribution < -0.4 is 0 Å². The highest BCUT2D eigenvalue weighted by molar-refractivity contribution is 6.22. The fraction of sp³-hybridized carbons (Fsp3) is 0.333. The highest BCUT2D eigenvalue weighted by atomic mass is 16.2. The molecule has 176 valence electrons. The van der Waals surface area contributed by atoms with E-state index in [1.54, 1.807) is 30.1 Å². The van der Waals surface area contributed by atoms with Crippen LogP contribution in [0.15, 0.2) is 54.6 Å². The normalized spacial score (nSPS) is 12.9. The maximum absolute atomic E-state index is 13.0. The molecule has 2 aromatic carbocycles.